The van der Waals surface area contributed by atoms with E-state index < -0.39 is 45.6 Å². The monoisotopic (exact) mass is 302 g/mol. The van der Waals surface area contributed by atoms with Crippen LogP contribution in [-0.2, 0) is 0 Å². The van der Waals surface area contributed by atoms with Crippen molar-refractivity contribution in [1.29, 1.82) is 0 Å². The summed E-state index contributed by atoms with van der Waals surface area (Å²) in [5, 5.41) is 10.8. The molecule has 0 N–H and O–H groups in total. The highest BCUT2D eigenvalue weighted by atomic mass is 19.2. The van der Waals surface area contributed by atoms with Crippen molar-refractivity contribution >= 4 is 5.69 Å². The van der Waals surface area contributed by atoms with Crippen LogP contribution in [0.5, 0.6) is 11.5 Å². The molecular weight excluding hydrogens is 296 g/mol. The normalized spacial score (nSPS) is 10.5. The van der Waals surface area contributed by atoms with E-state index in [1.54, 1.807) is 0 Å². The van der Waals surface area contributed by atoms with Crippen LogP contribution in [0.15, 0.2) is 18.2 Å². The summed E-state index contributed by atoms with van der Waals surface area (Å²) in [5.74, 6) is -9.55. The van der Waals surface area contributed by atoms with Gasteiger partial charge in [-0.05, 0) is 12.5 Å². The lowest BCUT2D eigenvalue weighted by atomic mass is 10.2. The van der Waals surface area contributed by atoms with Gasteiger partial charge in [-0.2, -0.15) is 22.5 Å². The fraction of sp³-hybridized carbons (Fsp3) is 0.0833. The van der Waals surface area contributed by atoms with Crippen molar-refractivity contribution in [2.45, 2.75) is 6.92 Å². The van der Waals surface area contributed by atoms with Crippen molar-refractivity contribution in [3.05, 3.63) is 57.4 Å². The van der Waals surface area contributed by atoms with Crippen LogP contribution in [0.25, 0.3) is 0 Å². The van der Waals surface area contributed by atoms with E-state index in [0.717, 1.165) is 6.07 Å². The smallest absolute Gasteiger partial charge is 0.311 e. The lowest BCUT2D eigenvalue weighted by Gasteiger charge is -2.10. The Hall–Kier alpha value is -2.71. The molecule has 1 aromatic carbocycles. The number of nitro groups is 1. The average molecular weight is 302 g/mol. The van der Waals surface area contributed by atoms with Crippen LogP contribution >= 0.6 is 0 Å². The highest BCUT2D eigenvalue weighted by Crippen LogP contribution is 2.37. The van der Waals surface area contributed by atoms with Crippen molar-refractivity contribution in [3.8, 4) is 11.5 Å². The number of pyridine rings is 1. The molecule has 1 aromatic heterocycles. The molecule has 9 heteroatoms. The molecule has 2 aromatic rings. The maximum absolute atomic E-state index is 13.5. The second-order valence-electron chi connectivity index (χ2n) is 3.93. The molecule has 0 bridgehead atoms. The number of aryl methyl sites for hydroxylation is 1. The van der Waals surface area contributed by atoms with Crippen molar-refractivity contribution in [2.24, 2.45) is 0 Å². The third-order valence-electron chi connectivity index (χ3n) is 2.55. The Kier molecular flexibility index (Phi) is 3.74. The summed E-state index contributed by atoms with van der Waals surface area (Å²) in [6.07, 6.45) is 0. The minimum atomic E-state index is -1.92. The van der Waals surface area contributed by atoms with Gasteiger partial charge in [0.2, 0.25) is 23.1 Å². The minimum absolute atomic E-state index is 0.153. The number of ether oxygens (including phenoxy) is 1. The van der Waals surface area contributed by atoms with Gasteiger partial charge in [0.05, 0.1) is 4.92 Å². The predicted octanol–water partition coefficient (Wildman–Crippen LogP) is 3.65. The molecule has 2 rings (SSSR count). The van der Waals surface area contributed by atoms with Crippen LogP contribution in [0.1, 0.15) is 5.56 Å². The Morgan fingerprint density at radius 1 is 1.10 bits per heavy atom. The third-order valence-corrected chi connectivity index (χ3v) is 2.55. The lowest BCUT2D eigenvalue weighted by molar-refractivity contribution is -0.385. The molecule has 0 radical (unpaired) electrons. The number of benzene rings is 1. The van der Waals surface area contributed by atoms with Gasteiger partial charge in [0.1, 0.15) is 0 Å². The quantitative estimate of drug-likeness (QED) is 0.376. The molecule has 110 valence electrons. The van der Waals surface area contributed by atoms with Gasteiger partial charge in [-0.3, -0.25) is 10.1 Å². The molecule has 0 aliphatic rings. The molecule has 0 aliphatic heterocycles. The molecule has 1 heterocycles. The molecule has 0 aliphatic carbocycles. The van der Waals surface area contributed by atoms with Crippen molar-refractivity contribution in [1.82, 2.24) is 4.98 Å². The first-order valence-corrected chi connectivity index (χ1v) is 5.44. The Bertz CT molecular complexity index is 711. The topological polar surface area (TPSA) is 65.3 Å². The minimum Gasteiger partial charge on any atom is -0.443 e. The van der Waals surface area contributed by atoms with Crippen molar-refractivity contribution in [2.75, 3.05) is 0 Å². The van der Waals surface area contributed by atoms with Gasteiger partial charge in [0.15, 0.2) is 0 Å². The number of aromatic nitrogens is 1. The van der Waals surface area contributed by atoms with Crippen molar-refractivity contribution in [3.63, 3.8) is 0 Å². The van der Waals surface area contributed by atoms with E-state index in [2.05, 4.69) is 4.98 Å². The van der Waals surface area contributed by atoms with Crippen LogP contribution in [0.4, 0.5) is 23.2 Å². The van der Waals surface area contributed by atoms with E-state index >= 15 is 0 Å². The summed E-state index contributed by atoms with van der Waals surface area (Å²) >= 11 is 0. The second-order valence-corrected chi connectivity index (χ2v) is 3.93. The zero-order valence-corrected chi connectivity index (χ0v) is 10.4. The Morgan fingerprint density at radius 2 is 1.67 bits per heavy atom. The fourth-order valence-corrected chi connectivity index (χ4v) is 1.57. The van der Waals surface area contributed by atoms with Crippen LogP contribution in [-0.4, -0.2) is 9.91 Å². The van der Waals surface area contributed by atoms with Crippen molar-refractivity contribution < 1.29 is 27.2 Å². The number of rotatable bonds is 3. The Balaban J connectivity index is 2.61. The maximum Gasteiger partial charge on any atom is 0.311 e. The Labute approximate surface area is 115 Å². The van der Waals surface area contributed by atoms with E-state index in [4.69, 9.17) is 4.74 Å². The molecule has 0 atom stereocenters. The van der Waals surface area contributed by atoms with E-state index in [-0.39, 0.29) is 5.56 Å². The first-order chi connectivity index (χ1) is 9.82. The Morgan fingerprint density at radius 3 is 2.19 bits per heavy atom. The van der Waals surface area contributed by atoms with Gasteiger partial charge in [0.25, 0.3) is 11.9 Å². The molecule has 0 unspecified atom stereocenters. The van der Waals surface area contributed by atoms with Crippen LogP contribution in [0.2, 0.25) is 0 Å². The summed E-state index contributed by atoms with van der Waals surface area (Å²) in [4.78, 5) is 12.3. The summed E-state index contributed by atoms with van der Waals surface area (Å²) in [6.45, 7) is 1.37. The number of nitrogens with zero attached hydrogens (tertiary/aromatic N) is 2. The molecule has 0 saturated heterocycles. The first kappa shape index (κ1) is 14.7. The first-order valence-electron chi connectivity index (χ1n) is 5.44. The molecule has 0 amide bonds. The van der Waals surface area contributed by atoms with Crippen LogP contribution in [0.3, 0.4) is 0 Å². The van der Waals surface area contributed by atoms with Gasteiger partial charge in [-0.25, -0.2) is 0 Å². The second kappa shape index (κ2) is 5.35. The number of nitro benzene ring substituents is 1. The number of para-hydroxylation sites is 1. The van der Waals surface area contributed by atoms with E-state index in [9.17, 15) is 27.7 Å². The molecular formula is C12H6F4N2O3. The summed E-state index contributed by atoms with van der Waals surface area (Å²) in [7, 11) is 0. The SMILES string of the molecule is Cc1cccc([N+](=O)[O-])c1Oc1c(F)c(F)nc(F)c1F. The zero-order valence-electron chi connectivity index (χ0n) is 10.4. The number of hydrogen-bond acceptors (Lipinski definition) is 4. The van der Waals surface area contributed by atoms with Crippen LogP contribution in [0, 0.1) is 40.6 Å². The average Bonchev–Trinajstić information content (AvgIpc) is 2.42. The largest absolute Gasteiger partial charge is 0.443 e. The van der Waals surface area contributed by atoms with Crippen LogP contribution < -0.4 is 4.74 Å². The number of hydrogen-bond donors (Lipinski definition) is 0. The highest BCUT2D eigenvalue weighted by Gasteiger charge is 2.26. The third kappa shape index (κ3) is 2.62. The maximum atomic E-state index is 13.5. The standard InChI is InChI=1S/C12H6F4N2O3/c1-5-3-2-4-6(18(19)20)9(5)21-10-7(13)11(15)17-12(16)8(10)14/h2-4H,1H3. The number of halogens is 4. The lowest BCUT2D eigenvalue weighted by Crippen LogP contribution is -2.05. The van der Waals surface area contributed by atoms with E-state index in [1.165, 1.54) is 19.1 Å². The highest BCUT2D eigenvalue weighted by molar-refractivity contribution is 5.53. The fourth-order valence-electron chi connectivity index (χ4n) is 1.57. The molecule has 0 spiro atoms. The molecule has 21 heavy (non-hydrogen) atoms. The van der Waals surface area contributed by atoms with Gasteiger partial charge >= 0.3 is 5.69 Å². The summed E-state index contributed by atoms with van der Waals surface area (Å²) in [5.41, 5.74) is -0.452. The molecule has 5 nitrogen and oxygen atoms in total. The molecule has 0 fully saturated rings. The van der Waals surface area contributed by atoms with Gasteiger partial charge in [-0.1, -0.05) is 12.1 Å². The van der Waals surface area contributed by atoms with Gasteiger partial charge < -0.3 is 4.74 Å². The summed E-state index contributed by atoms with van der Waals surface area (Å²) < 4.78 is 57.6. The predicted molar refractivity (Wildman–Crippen MR) is 62.0 cm³/mol. The van der Waals surface area contributed by atoms with Gasteiger partial charge in [0, 0.05) is 6.07 Å². The van der Waals surface area contributed by atoms with E-state index in [1.807, 2.05) is 0 Å². The van der Waals surface area contributed by atoms with Gasteiger partial charge in [-0.15, -0.1) is 0 Å². The van der Waals surface area contributed by atoms with E-state index in [0.29, 0.717) is 0 Å². The molecule has 0 saturated carbocycles. The zero-order chi connectivity index (χ0) is 15.7. The summed E-state index contributed by atoms with van der Waals surface area (Å²) in [6, 6.07) is 3.71.